The Hall–Kier alpha value is -1.62. The Morgan fingerprint density at radius 1 is 1.29 bits per heavy atom. The zero-order valence-corrected chi connectivity index (χ0v) is 12.9. The largest absolute Gasteiger partial charge is 0.477 e. The van der Waals surface area contributed by atoms with E-state index in [1.165, 1.54) is 44.6 Å². The molecule has 0 unspecified atom stereocenters. The van der Waals surface area contributed by atoms with Crippen molar-refractivity contribution in [1.29, 1.82) is 0 Å². The van der Waals surface area contributed by atoms with Crippen LogP contribution in [0.15, 0.2) is 18.2 Å². The van der Waals surface area contributed by atoms with Gasteiger partial charge in [0.25, 0.3) is 0 Å². The Labute approximate surface area is 126 Å². The number of aromatic nitrogens is 1. The molecule has 116 valence electrons. The summed E-state index contributed by atoms with van der Waals surface area (Å²) >= 11 is 0. The van der Waals surface area contributed by atoms with Crippen LogP contribution in [-0.4, -0.2) is 47.1 Å². The highest BCUT2D eigenvalue weighted by Gasteiger charge is 2.32. The Morgan fingerprint density at radius 3 is 2.52 bits per heavy atom. The summed E-state index contributed by atoms with van der Waals surface area (Å²) in [5, 5.41) is 12.3. The van der Waals surface area contributed by atoms with E-state index in [0.717, 1.165) is 6.54 Å². The zero-order chi connectivity index (χ0) is 15.3. The summed E-state index contributed by atoms with van der Waals surface area (Å²) in [5.74, 6) is -0.351. The van der Waals surface area contributed by atoms with Crippen molar-refractivity contribution in [2.75, 3.05) is 26.0 Å². The Bertz CT molecular complexity index is 480. The lowest BCUT2D eigenvalue weighted by Gasteiger charge is -2.40. The average molecular weight is 291 g/mol. The average Bonchev–Trinajstić information content (AvgIpc) is 2.72. The normalized spacial score (nSPS) is 18.2. The molecule has 5 heteroatoms. The monoisotopic (exact) mass is 291 g/mol. The van der Waals surface area contributed by atoms with Crippen LogP contribution < -0.4 is 5.32 Å². The first-order valence-corrected chi connectivity index (χ1v) is 7.65. The van der Waals surface area contributed by atoms with Crippen LogP contribution in [0.25, 0.3) is 0 Å². The molecule has 2 N–H and O–H groups in total. The number of nitrogens with one attached hydrogen (secondary N) is 1. The zero-order valence-electron chi connectivity index (χ0n) is 12.9. The first-order valence-electron chi connectivity index (χ1n) is 7.65. The Morgan fingerprint density at radius 2 is 1.95 bits per heavy atom. The molecule has 0 aliphatic heterocycles. The van der Waals surface area contributed by atoms with Gasteiger partial charge in [-0.05, 0) is 39.1 Å². The topological polar surface area (TPSA) is 65.5 Å². The van der Waals surface area contributed by atoms with Crippen LogP contribution in [0.4, 0.5) is 5.82 Å². The van der Waals surface area contributed by atoms with Crippen LogP contribution in [0.3, 0.4) is 0 Å². The SMILES string of the molecule is CN(C)C1(CNc2cccc(C(=O)O)n2)CCCCCC1. The van der Waals surface area contributed by atoms with Gasteiger partial charge in [0, 0.05) is 12.1 Å². The molecule has 0 radical (unpaired) electrons. The Kier molecular flexibility index (Phi) is 5.17. The van der Waals surface area contributed by atoms with Gasteiger partial charge in [-0.3, -0.25) is 0 Å². The number of hydrogen-bond acceptors (Lipinski definition) is 4. The first kappa shape index (κ1) is 15.8. The van der Waals surface area contributed by atoms with E-state index >= 15 is 0 Å². The van der Waals surface area contributed by atoms with Crippen molar-refractivity contribution in [2.45, 2.75) is 44.1 Å². The van der Waals surface area contributed by atoms with Crippen molar-refractivity contribution < 1.29 is 9.90 Å². The number of carbonyl (C=O) groups is 1. The molecular weight excluding hydrogens is 266 g/mol. The fourth-order valence-electron chi connectivity index (χ4n) is 3.08. The number of nitrogens with zero attached hydrogens (tertiary/aromatic N) is 2. The molecule has 0 spiro atoms. The minimum atomic E-state index is -0.990. The maximum absolute atomic E-state index is 11.0. The van der Waals surface area contributed by atoms with Crippen molar-refractivity contribution in [2.24, 2.45) is 0 Å². The molecule has 1 aromatic rings. The molecule has 0 saturated heterocycles. The molecule has 1 aromatic heterocycles. The van der Waals surface area contributed by atoms with E-state index in [1.54, 1.807) is 6.07 Å². The third kappa shape index (κ3) is 3.94. The minimum absolute atomic E-state index is 0.0831. The fourth-order valence-corrected chi connectivity index (χ4v) is 3.08. The second-order valence-electron chi connectivity index (χ2n) is 6.10. The summed E-state index contributed by atoms with van der Waals surface area (Å²) in [4.78, 5) is 17.4. The third-order valence-corrected chi connectivity index (χ3v) is 4.55. The number of carboxylic acids is 1. The third-order valence-electron chi connectivity index (χ3n) is 4.55. The highest BCUT2D eigenvalue weighted by atomic mass is 16.4. The molecule has 1 heterocycles. The lowest BCUT2D eigenvalue weighted by Crippen LogP contribution is -2.49. The number of rotatable bonds is 5. The predicted octanol–water partition coefficient (Wildman–Crippen LogP) is 2.85. The van der Waals surface area contributed by atoms with Crippen molar-refractivity contribution in [3.63, 3.8) is 0 Å². The number of likely N-dealkylation sites (N-methyl/N-ethyl adjacent to an activating group) is 1. The molecule has 0 amide bonds. The molecular formula is C16H25N3O2. The fraction of sp³-hybridized carbons (Fsp3) is 0.625. The molecule has 1 aliphatic carbocycles. The van der Waals surface area contributed by atoms with E-state index in [1.807, 2.05) is 6.07 Å². The second kappa shape index (κ2) is 6.89. The van der Waals surface area contributed by atoms with E-state index < -0.39 is 5.97 Å². The summed E-state index contributed by atoms with van der Waals surface area (Å²) in [6.07, 6.45) is 7.47. The van der Waals surface area contributed by atoms with Crippen LogP contribution in [0.2, 0.25) is 0 Å². The molecule has 0 bridgehead atoms. The summed E-state index contributed by atoms with van der Waals surface area (Å²) < 4.78 is 0. The first-order chi connectivity index (χ1) is 10.0. The highest BCUT2D eigenvalue weighted by molar-refractivity contribution is 5.85. The summed E-state index contributed by atoms with van der Waals surface area (Å²) in [6, 6.07) is 5.07. The van der Waals surface area contributed by atoms with E-state index in [0.29, 0.717) is 5.82 Å². The van der Waals surface area contributed by atoms with Gasteiger partial charge in [-0.2, -0.15) is 0 Å². The van der Waals surface area contributed by atoms with Gasteiger partial charge in [0.2, 0.25) is 0 Å². The van der Waals surface area contributed by atoms with Gasteiger partial charge < -0.3 is 15.3 Å². The van der Waals surface area contributed by atoms with Crippen molar-refractivity contribution >= 4 is 11.8 Å². The van der Waals surface area contributed by atoms with Crippen molar-refractivity contribution in [3.8, 4) is 0 Å². The number of carboxylic acid groups (broad SMARTS) is 1. The van der Waals surface area contributed by atoms with E-state index in [2.05, 4.69) is 29.3 Å². The summed E-state index contributed by atoms with van der Waals surface area (Å²) in [5.41, 5.74) is 0.219. The number of hydrogen-bond donors (Lipinski definition) is 2. The van der Waals surface area contributed by atoms with Crippen LogP contribution in [0, 0.1) is 0 Å². The van der Waals surface area contributed by atoms with Crippen LogP contribution in [0.1, 0.15) is 49.0 Å². The number of pyridine rings is 1. The molecule has 21 heavy (non-hydrogen) atoms. The molecule has 1 fully saturated rings. The maximum Gasteiger partial charge on any atom is 0.354 e. The smallest absolute Gasteiger partial charge is 0.354 e. The van der Waals surface area contributed by atoms with E-state index in [-0.39, 0.29) is 11.2 Å². The number of aromatic carboxylic acids is 1. The summed E-state index contributed by atoms with van der Waals surface area (Å²) in [6.45, 7) is 0.802. The minimum Gasteiger partial charge on any atom is -0.477 e. The van der Waals surface area contributed by atoms with Gasteiger partial charge in [0.15, 0.2) is 5.69 Å². The molecule has 5 nitrogen and oxygen atoms in total. The van der Waals surface area contributed by atoms with Crippen molar-refractivity contribution in [1.82, 2.24) is 9.88 Å². The highest BCUT2D eigenvalue weighted by Crippen LogP contribution is 2.31. The molecule has 0 atom stereocenters. The molecule has 1 saturated carbocycles. The summed E-state index contributed by atoms with van der Waals surface area (Å²) in [7, 11) is 4.27. The Balaban J connectivity index is 2.08. The van der Waals surface area contributed by atoms with Crippen LogP contribution >= 0.6 is 0 Å². The predicted molar refractivity (Wildman–Crippen MR) is 83.8 cm³/mol. The van der Waals surface area contributed by atoms with Gasteiger partial charge in [-0.25, -0.2) is 9.78 Å². The van der Waals surface area contributed by atoms with Gasteiger partial charge >= 0.3 is 5.97 Å². The van der Waals surface area contributed by atoms with Gasteiger partial charge in [-0.15, -0.1) is 0 Å². The lowest BCUT2D eigenvalue weighted by molar-refractivity contribution is 0.0690. The van der Waals surface area contributed by atoms with Gasteiger partial charge in [0.1, 0.15) is 5.82 Å². The lowest BCUT2D eigenvalue weighted by atomic mass is 9.88. The van der Waals surface area contributed by atoms with Crippen LogP contribution in [0.5, 0.6) is 0 Å². The molecule has 2 rings (SSSR count). The quantitative estimate of drug-likeness (QED) is 0.817. The van der Waals surface area contributed by atoms with Crippen LogP contribution in [-0.2, 0) is 0 Å². The second-order valence-corrected chi connectivity index (χ2v) is 6.10. The van der Waals surface area contributed by atoms with E-state index in [4.69, 9.17) is 5.11 Å². The van der Waals surface area contributed by atoms with Crippen molar-refractivity contribution in [3.05, 3.63) is 23.9 Å². The standard InChI is InChI=1S/C16H25N3O2/c1-19(2)16(10-5-3-4-6-11-16)12-17-14-9-7-8-13(18-14)15(20)21/h7-9H,3-6,10-12H2,1-2H3,(H,17,18)(H,20,21). The molecule has 0 aromatic carbocycles. The number of anilines is 1. The van der Waals surface area contributed by atoms with Gasteiger partial charge in [-0.1, -0.05) is 31.7 Å². The molecule has 1 aliphatic rings. The van der Waals surface area contributed by atoms with Gasteiger partial charge in [0.05, 0.1) is 0 Å². The van der Waals surface area contributed by atoms with E-state index in [9.17, 15) is 4.79 Å². The maximum atomic E-state index is 11.0.